The van der Waals surface area contributed by atoms with Gasteiger partial charge in [0.05, 0.1) is 29.1 Å². The van der Waals surface area contributed by atoms with Gasteiger partial charge in [-0.3, -0.25) is 4.79 Å². The number of halogens is 3. The Bertz CT molecular complexity index is 1070. The van der Waals surface area contributed by atoms with Crippen molar-refractivity contribution >= 4 is 40.0 Å². The highest BCUT2D eigenvalue weighted by Crippen LogP contribution is 2.40. The number of aromatic nitrogens is 1. The summed E-state index contributed by atoms with van der Waals surface area (Å²) in [6, 6.07) is 2.35. The summed E-state index contributed by atoms with van der Waals surface area (Å²) in [4.78, 5) is 29.9. The smallest absolute Gasteiger partial charge is 0.417 e. The minimum absolute atomic E-state index is 0.0912. The number of hydrogen-bond acceptors (Lipinski definition) is 7. The van der Waals surface area contributed by atoms with E-state index in [-0.39, 0.29) is 23.1 Å². The first-order valence-corrected chi connectivity index (χ1v) is 11.2. The van der Waals surface area contributed by atoms with Crippen LogP contribution < -0.4 is 5.32 Å². The lowest BCUT2D eigenvalue weighted by Gasteiger charge is -2.13. The van der Waals surface area contributed by atoms with E-state index in [1.165, 1.54) is 18.3 Å². The Morgan fingerprint density at radius 1 is 1.39 bits per heavy atom. The van der Waals surface area contributed by atoms with Crippen molar-refractivity contribution in [2.45, 2.75) is 44.3 Å². The molecule has 1 N–H and O–H groups in total. The number of amides is 1. The van der Waals surface area contributed by atoms with Gasteiger partial charge in [-0.15, -0.1) is 11.3 Å². The highest BCUT2D eigenvalue weighted by atomic mass is 32.2. The largest absolute Gasteiger partial charge is 0.462 e. The molecule has 31 heavy (non-hydrogen) atoms. The number of nitrogens with one attached hydrogen (secondary N) is 1. The highest BCUT2D eigenvalue weighted by Gasteiger charge is 2.36. The number of ether oxygens (including phenoxy) is 1. The van der Waals surface area contributed by atoms with Crippen molar-refractivity contribution < 1.29 is 27.5 Å². The number of nitriles is 1. The number of anilines is 1. The number of nitrogens with zero attached hydrogens (tertiary/aromatic N) is 2. The summed E-state index contributed by atoms with van der Waals surface area (Å²) >= 11 is 2.05. The summed E-state index contributed by atoms with van der Waals surface area (Å²) in [5.74, 6) is -1.30. The van der Waals surface area contributed by atoms with Gasteiger partial charge in [0.15, 0.2) is 0 Å². The Kier molecular flexibility index (Phi) is 6.91. The van der Waals surface area contributed by atoms with Gasteiger partial charge in [0.25, 0.3) is 0 Å². The zero-order chi connectivity index (χ0) is 22.8. The number of alkyl halides is 3. The fraction of sp³-hybridized carbons (Fsp3) is 0.400. The molecule has 1 aliphatic carbocycles. The van der Waals surface area contributed by atoms with Crippen LogP contribution in [0.2, 0.25) is 0 Å². The molecule has 2 aromatic heterocycles. The van der Waals surface area contributed by atoms with Crippen LogP contribution >= 0.6 is 23.1 Å². The maximum absolute atomic E-state index is 13.2. The van der Waals surface area contributed by atoms with E-state index in [0.717, 1.165) is 47.5 Å². The summed E-state index contributed by atoms with van der Waals surface area (Å²) in [6.07, 6.45) is -2.24. The number of carbonyl (C=O) groups is 2. The van der Waals surface area contributed by atoms with Crippen LogP contribution in [0.25, 0.3) is 0 Å². The molecule has 2 aromatic rings. The molecule has 0 aliphatic heterocycles. The van der Waals surface area contributed by atoms with E-state index in [2.05, 4.69) is 10.3 Å². The Morgan fingerprint density at radius 3 is 2.77 bits per heavy atom. The second-order valence-electron chi connectivity index (χ2n) is 6.72. The standard InChI is InChI=1S/C20H18F3N3O3S2/c1-3-29-19(28)16-11-5-4-6-14(11)31-18(16)26-15(27)9-30-17-12(8-24)13(20(21,22)23)7-10(2)25-17/h7H,3-6,9H2,1-2H3,(H,26,27). The molecule has 164 valence electrons. The molecule has 0 saturated heterocycles. The molecular weight excluding hydrogens is 451 g/mol. The predicted molar refractivity (Wildman–Crippen MR) is 110 cm³/mol. The fourth-order valence-corrected chi connectivity index (χ4v) is 5.43. The number of carbonyl (C=O) groups excluding carboxylic acids is 2. The zero-order valence-electron chi connectivity index (χ0n) is 16.7. The molecule has 0 saturated carbocycles. The third kappa shape index (κ3) is 5.02. The lowest BCUT2D eigenvalue weighted by molar-refractivity contribution is -0.138. The second kappa shape index (κ2) is 9.28. The quantitative estimate of drug-likeness (QED) is 0.485. The van der Waals surface area contributed by atoms with Crippen LogP contribution in [0.5, 0.6) is 0 Å². The number of rotatable bonds is 6. The van der Waals surface area contributed by atoms with Gasteiger partial charge in [0, 0.05) is 10.6 Å². The van der Waals surface area contributed by atoms with E-state index in [0.29, 0.717) is 10.6 Å². The summed E-state index contributed by atoms with van der Waals surface area (Å²) < 4.78 is 44.8. The van der Waals surface area contributed by atoms with Gasteiger partial charge in [-0.1, -0.05) is 11.8 Å². The summed E-state index contributed by atoms with van der Waals surface area (Å²) in [7, 11) is 0. The SMILES string of the molecule is CCOC(=O)c1c(NC(=O)CSc2nc(C)cc(C(F)(F)F)c2C#N)sc2c1CCC2. The van der Waals surface area contributed by atoms with Crippen LogP contribution in [0.15, 0.2) is 11.1 Å². The average Bonchev–Trinajstić information content (AvgIpc) is 3.26. The van der Waals surface area contributed by atoms with E-state index in [4.69, 9.17) is 4.74 Å². The predicted octanol–water partition coefficient (Wildman–Crippen LogP) is 4.74. The van der Waals surface area contributed by atoms with Crippen molar-refractivity contribution in [3.63, 3.8) is 0 Å². The molecule has 1 amide bonds. The van der Waals surface area contributed by atoms with Gasteiger partial charge in [-0.25, -0.2) is 9.78 Å². The van der Waals surface area contributed by atoms with Crippen molar-refractivity contribution in [2.24, 2.45) is 0 Å². The molecule has 0 spiro atoms. The maximum Gasteiger partial charge on any atom is 0.417 e. The minimum Gasteiger partial charge on any atom is -0.462 e. The first-order valence-electron chi connectivity index (χ1n) is 9.38. The molecule has 0 fully saturated rings. The minimum atomic E-state index is -4.71. The zero-order valence-corrected chi connectivity index (χ0v) is 18.3. The number of thioether (sulfide) groups is 1. The summed E-state index contributed by atoms with van der Waals surface area (Å²) in [5.41, 5.74) is -0.367. The van der Waals surface area contributed by atoms with Crippen molar-refractivity contribution in [3.8, 4) is 6.07 Å². The number of fused-ring (bicyclic) bond motifs is 1. The van der Waals surface area contributed by atoms with E-state index < -0.39 is 29.2 Å². The van der Waals surface area contributed by atoms with Gasteiger partial charge in [-0.2, -0.15) is 18.4 Å². The van der Waals surface area contributed by atoms with Crippen molar-refractivity contribution in [2.75, 3.05) is 17.7 Å². The highest BCUT2D eigenvalue weighted by molar-refractivity contribution is 8.00. The van der Waals surface area contributed by atoms with E-state index >= 15 is 0 Å². The molecule has 0 radical (unpaired) electrons. The lowest BCUT2D eigenvalue weighted by Crippen LogP contribution is -2.17. The topological polar surface area (TPSA) is 92.1 Å². The van der Waals surface area contributed by atoms with Crippen LogP contribution in [0, 0.1) is 18.3 Å². The van der Waals surface area contributed by atoms with Gasteiger partial charge in [-0.05, 0) is 44.7 Å². The van der Waals surface area contributed by atoms with Crippen molar-refractivity contribution in [1.82, 2.24) is 4.98 Å². The van der Waals surface area contributed by atoms with Crippen molar-refractivity contribution in [1.29, 1.82) is 5.26 Å². The lowest BCUT2D eigenvalue weighted by atomic mass is 10.1. The van der Waals surface area contributed by atoms with Gasteiger partial charge in [0.1, 0.15) is 16.1 Å². The Labute approximate surface area is 184 Å². The third-order valence-corrected chi connectivity index (χ3v) is 6.71. The molecular formula is C20H18F3N3O3S2. The maximum atomic E-state index is 13.2. The molecule has 1 aliphatic rings. The number of thiophene rings is 1. The molecule has 0 atom stereocenters. The van der Waals surface area contributed by atoms with Gasteiger partial charge < -0.3 is 10.1 Å². The summed E-state index contributed by atoms with van der Waals surface area (Å²) in [5, 5.41) is 12.1. The van der Waals surface area contributed by atoms with Gasteiger partial charge >= 0.3 is 12.1 Å². The molecule has 0 aromatic carbocycles. The average molecular weight is 470 g/mol. The molecule has 2 heterocycles. The van der Waals surface area contributed by atoms with E-state index in [9.17, 15) is 28.0 Å². The van der Waals surface area contributed by atoms with E-state index in [1.807, 2.05) is 0 Å². The number of pyridine rings is 1. The second-order valence-corrected chi connectivity index (χ2v) is 8.79. The van der Waals surface area contributed by atoms with Crippen LogP contribution in [-0.4, -0.2) is 29.2 Å². The van der Waals surface area contributed by atoms with Crippen LogP contribution in [0.3, 0.4) is 0 Å². The van der Waals surface area contributed by atoms with E-state index in [1.54, 1.807) is 13.0 Å². The van der Waals surface area contributed by atoms with Crippen LogP contribution in [0.1, 0.15) is 51.0 Å². The number of hydrogen-bond donors (Lipinski definition) is 1. The van der Waals surface area contributed by atoms with Crippen LogP contribution in [-0.2, 0) is 28.5 Å². The molecule has 6 nitrogen and oxygen atoms in total. The third-order valence-electron chi connectivity index (χ3n) is 4.53. The fourth-order valence-electron chi connectivity index (χ4n) is 3.29. The summed E-state index contributed by atoms with van der Waals surface area (Å²) in [6.45, 7) is 3.28. The Balaban J connectivity index is 1.79. The molecule has 11 heteroatoms. The molecule has 0 unspecified atom stereocenters. The van der Waals surface area contributed by atoms with Gasteiger partial charge in [0.2, 0.25) is 5.91 Å². The number of aryl methyl sites for hydroxylation is 2. The Hall–Kier alpha value is -2.58. The normalized spacial score (nSPS) is 12.9. The van der Waals surface area contributed by atoms with Crippen molar-refractivity contribution in [3.05, 3.63) is 38.9 Å². The first-order chi connectivity index (χ1) is 14.7. The first kappa shape index (κ1) is 23.1. The molecule has 0 bridgehead atoms. The van der Waals surface area contributed by atoms with Crippen LogP contribution in [0.4, 0.5) is 18.2 Å². The molecule has 3 rings (SSSR count). The number of esters is 1. The Morgan fingerprint density at radius 2 is 2.13 bits per heavy atom. The monoisotopic (exact) mass is 469 g/mol.